The Morgan fingerprint density at radius 1 is 1.11 bits per heavy atom. The number of likely N-dealkylation sites (tertiary alicyclic amines) is 1. The summed E-state index contributed by atoms with van der Waals surface area (Å²) < 4.78 is 16.1. The number of nitrogens with one attached hydrogen (secondary N) is 1. The van der Waals surface area contributed by atoms with E-state index < -0.39 is 0 Å². The molecule has 2 aromatic carbocycles. The van der Waals surface area contributed by atoms with Gasteiger partial charge in [-0.3, -0.25) is 9.69 Å². The molecule has 1 saturated heterocycles. The summed E-state index contributed by atoms with van der Waals surface area (Å²) in [7, 11) is 1.68. The zero-order valence-corrected chi connectivity index (χ0v) is 16.1. The van der Waals surface area contributed by atoms with E-state index in [4.69, 9.17) is 14.2 Å². The second-order valence-corrected chi connectivity index (χ2v) is 7.17. The highest BCUT2D eigenvalue weighted by molar-refractivity contribution is 5.95. The molecular formula is C22H26N2O4. The van der Waals surface area contributed by atoms with Gasteiger partial charge in [-0.1, -0.05) is 18.6 Å². The number of nitrogens with zero attached hydrogens (tertiary/aromatic N) is 1. The van der Waals surface area contributed by atoms with E-state index in [0.29, 0.717) is 23.6 Å². The van der Waals surface area contributed by atoms with Crippen LogP contribution in [0.15, 0.2) is 42.5 Å². The predicted molar refractivity (Wildman–Crippen MR) is 106 cm³/mol. The van der Waals surface area contributed by atoms with Gasteiger partial charge in [-0.2, -0.15) is 0 Å². The summed E-state index contributed by atoms with van der Waals surface area (Å²) in [6.07, 6.45) is 3.65. The van der Waals surface area contributed by atoms with Crippen molar-refractivity contribution in [3.05, 3.63) is 53.6 Å². The molecule has 0 aliphatic carbocycles. The van der Waals surface area contributed by atoms with Gasteiger partial charge in [-0.15, -0.1) is 0 Å². The molecule has 2 aliphatic heterocycles. The summed E-state index contributed by atoms with van der Waals surface area (Å²) in [6, 6.07) is 13.5. The number of benzene rings is 2. The first-order valence-corrected chi connectivity index (χ1v) is 9.80. The average molecular weight is 382 g/mol. The van der Waals surface area contributed by atoms with Gasteiger partial charge >= 0.3 is 0 Å². The lowest BCUT2D eigenvalue weighted by atomic mass is 10.0. The number of piperidine rings is 1. The summed E-state index contributed by atoms with van der Waals surface area (Å²) in [5.74, 6) is 2.02. The highest BCUT2D eigenvalue weighted by Gasteiger charge is 2.24. The maximum atomic E-state index is 12.7. The Balaban J connectivity index is 1.49. The zero-order chi connectivity index (χ0) is 19.3. The summed E-state index contributed by atoms with van der Waals surface area (Å²) in [5.41, 5.74) is 1.74. The highest BCUT2D eigenvalue weighted by Crippen LogP contribution is 2.32. The summed E-state index contributed by atoms with van der Waals surface area (Å²) in [6.45, 7) is 2.83. The molecule has 1 fully saturated rings. The van der Waals surface area contributed by atoms with E-state index in [2.05, 4.69) is 22.3 Å². The van der Waals surface area contributed by atoms with Crippen molar-refractivity contribution in [2.24, 2.45) is 0 Å². The minimum Gasteiger partial charge on any atom is -0.497 e. The standard InChI is InChI=1S/C22H26N2O4/c1-26-18-7-5-6-16(12-18)19(24-10-3-2-4-11-24)14-23-22(25)17-8-9-20-21(13-17)28-15-27-20/h5-9,12-13,19H,2-4,10-11,14-15H2,1H3,(H,23,25). The molecule has 4 rings (SSSR count). The topological polar surface area (TPSA) is 60.0 Å². The van der Waals surface area contributed by atoms with E-state index >= 15 is 0 Å². The van der Waals surface area contributed by atoms with Gasteiger partial charge in [0, 0.05) is 12.1 Å². The van der Waals surface area contributed by atoms with Crippen molar-refractivity contribution >= 4 is 5.91 Å². The van der Waals surface area contributed by atoms with Gasteiger partial charge in [0.25, 0.3) is 5.91 Å². The van der Waals surface area contributed by atoms with E-state index in [0.717, 1.165) is 24.4 Å². The number of methoxy groups -OCH3 is 1. The molecule has 1 unspecified atom stereocenters. The van der Waals surface area contributed by atoms with Gasteiger partial charge in [0.05, 0.1) is 13.2 Å². The zero-order valence-electron chi connectivity index (χ0n) is 16.1. The number of ether oxygens (including phenoxy) is 3. The monoisotopic (exact) mass is 382 g/mol. The van der Waals surface area contributed by atoms with Crippen LogP contribution in [0.25, 0.3) is 0 Å². The Bertz CT molecular complexity index is 833. The van der Waals surface area contributed by atoms with Gasteiger partial charge in [-0.05, 0) is 61.8 Å². The Hall–Kier alpha value is -2.73. The Kier molecular flexibility index (Phi) is 5.67. The fourth-order valence-corrected chi connectivity index (χ4v) is 3.87. The highest BCUT2D eigenvalue weighted by atomic mass is 16.7. The molecule has 1 N–H and O–H groups in total. The molecule has 0 bridgehead atoms. The molecule has 0 saturated carbocycles. The number of hydrogen-bond donors (Lipinski definition) is 1. The molecule has 0 radical (unpaired) electrons. The molecule has 148 valence electrons. The molecule has 2 heterocycles. The molecule has 6 heteroatoms. The van der Waals surface area contributed by atoms with Crippen LogP contribution in [0.1, 0.15) is 41.2 Å². The van der Waals surface area contributed by atoms with Crippen molar-refractivity contribution in [3.8, 4) is 17.2 Å². The predicted octanol–water partition coefficient (Wildman–Crippen LogP) is 3.38. The smallest absolute Gasteiger partial charge is 0.251 e. The lowest BCUT2D eigenvalue weighted by molar-refractivity contribution is 0.0924. The molecule has 1 atom stereocenters. The number of hydrogen-bond acceptors (Lipinski definition) is 5. The normalized spacial score (nSPS) is 17.2. The van der Waals surface area contributed by atoms with Crippen LogP contribution in [0.2, 0.25) is 0 Å². The maximum absolute atomic E-state index is 12.7. The summed E-state index contributed by atoms with van der Waals surface area (Å²) in [5, 5.41) is 3.11. The number of amides is 1. The van der Waals surface area contributed by atoms with Gasteiger partial charge in [0.2, 0.25) is 6.79 Å². The minimum absolute atomic E-state index is 0.108. The van der Waals surface area contributed by atoms with Crippen LogP contribution in [0.5, 0.6) is 17.2 Å². The first-order valence-electron chi connectivity index (χ1n) is 9.80. The number of carbonyl (C=O) groups excluding carboxylic acids is 1. The van der Waals surface area contributed by atoms with Crippen molar-refractivity contribution < 1.29 is 19.0 Å². The van der Waals surface area contributed by atoms with Gasteiger partial charge in [-0.25, -0.2) is 0 Å². The van der Waals surface area contributed by atoms with Crippen molar-refractivity contribution in [3.63, 3.8) is 0 Å². The van der Waals surface area contributed by atoms with Crippen molar-refractivity contribution in [2.45, 2.75) is 25.3 Å². The third kappa shape index (κ3) is 4.07. The van der Waals surface area contributed by atoms with Crippen LogP contribution in [-0.4, -0.2) is 44.3 Å². The third-order valence-corrected chi connectivity index (χ3v) is 5.40. The second-order valence-electron chi connectivity index (χ2n) is 7.17. The maximum Gasteiger partial charge on any atom is 0.251 e. The molecular weight excluding hydrogens is 356 g/mol. The van der Waals surface area contributed by atoms with Crippen molar-refractivity contribution in [1.29, 1.82) is 0 Å². The van der Waals surface area contributed by atoms with Crippen LogP contribution in [-0.2, 0) is 0 Å². The van der Waals surface area contributed by atoms with Gasteiger partial charge in [0.15, 0.2) is 11.5 Å². The molecule has 0 aromatic heterocycles. The van der Waals surface area contributed by atoms with E-state index in [-0.39, 0.29) is 18.7 Å². The van der Waals surface area contributed by atoms with Crippen LogP contribution in [0, 0.1) is 0 Å². The third-order valence-electron chi connectivity index (χ3n) is 5.40. The van der Waals surface area contributed by atoms with Crippen LogP contribution >= 0.6 is 0 Å². The number of carbonyl (C=O) groups is 1. The molecule has 6 nitrogen and oxygen atoms in total. The lowest BCUT2D eigenvalue weighted by Gasteiger charge is -2.35. The van der Waals surface area contributed by atoms with E-state index in [9.17, 15) is 4.79 Å². The second kappa shape index (κ2) is 8.52. The minimum atomic E-state index is -0.108. The fraction of sp³-hybridized carbons (Fsp3) is 0.409. The Morgan fingerprint density at radius 2 is 1.93 bits per heavy atom. The van der Waals surface area contributed by atoms with E-state index in [1.54, 1.807) is 25.3 Å². The first-order chi connectivity index (χ1) is 13.7. The van der Waals surface area contributed by atoms with Crippen molar-refractivity contribution in [1.82, 2.24) is 10.2 Å². The van der Waals surface area contributed by atoms with E-state index in [1.807, 2.05) is 12.1 Å². The van der Waals surface area contributed by atoms with Crippen LogP contribution in [0.3, 0.4) is 0 Å². The number of rotatable bonds is 6. The first kappa shape index (κ1) is 18.6. The molecule has 2 aromatic rings. The van der Waals surface area contributed by atoms with Crippen molar-refractivity contribution in [2.75, 3.05) is 33.5 Å². The lowest BCUT2D eigenvalue weighted by Crippen LogP contribution is -2.40. The number of fused-ring (bicyclic) bond motifs is 1. The largest absolute Gasteiger partial charge is 0.497 e. The Morgan fingerprint density at radius 3 is 2.75 bits per heavy atom. The van der Waals surface area contributed by atoms with Crippen LogP contribution < -0.4 is 19.5 Å². The average Bonchev–Trinajstić information content (AvgIpc) is 3.22. The summed E-state index contributed by atoms with van der Waals surface area (Å²) in [4.78, 5) is 15.2. The van der Waals surface area contributed by atoms with Gasteiger partial charge in [0.1, 0.15) is 5.75 Å². The van der Waals surface area contributed by atoms with Crippen LogP contribution in [0.4, 0.5) is 0 Å². The Labute approximate surface area is 165 Å². The molecule has 28 heavy (non-hydrogen) atoms. The molecule has 0 spiro atoms. The van der Waals surface area contributed by atoms with E-state index in [1.165, 1.54) is 19.3 Å². The fourth-order valence-electron chi connectivity index (χ4n) is 3.87. The quantitative estimate of drug-likeness (QED) is 0.830. The molecule has 2 aliphatic rings. The SMILES string of the molecule is COc1cccc(C(CNC(=O)c2ccc3c(c2)OCO3)N2CCCCC2)c1. The van der Waals surface area contributed by atoms with Gasteiger partial charge < -0.3 is 19.5 Å². The summed E-state index contributed by atoms with van der Waals surface area (Å²) >= 11 is 0. The molecule has 1 amide bonds.